The molecule has 1 aliphatic rings. The van der Waals surface area contributed by atoms with Gasteiger partial charge in [-0.3, -0.25) is 9.78 Å². The number of pyridine rings is 1. The van der Waals surface area contributed by atoms with Crippen LogP contribution in [-0.2, 0) is 16.1 Å². The lowest BCUT2D eigenvalue weighted by Crippen LogP contribution is -2.45. The fraction of sp³-hybridized carbons (Fsp3) is 0.368. The van der Waals surface area contributed by atoms with Gasteiger partial charge in [0.15, 0.2) is 0 Å². The van der Waals surface area contributed by atoms with Crippen molar-refractivity contribution in [1.29, 1.82) is 0 Å². The van der Waals surface area contributed by atoms with E-state index in [1.165, 1.54) is 0 Å². The summed E-state index contributed by atoms with van der Waals surface area (Å²) in [5.74, 6) is 0.598. The van der Waals surface area contributed by atoms with E-state index in [9.17, 15) is 4.79 Å². The summed E-state index contributed by atoms with van der Waals surface area (Å²) >= 11 is 6.08. The van der Waals surface area contributed by atoms with Crippen molar-refractivity contribution in [2.24, 2.45) is 0 Å². The van der Waals surface area contributed by atoms with Gasteiger partial charge in [-0.15, -0.1) is 0 Å². The minimum absolute atomic E-state index is 0.00921. The summed E-state index contributed by atoms with van der Waals surface area (Å²) in [6, 6.07) is 11.6. The molecule has 0 saturated carbocycles. The molecule has 0 bridgehead atoms. The molecule has 1 unspecified atom stereocenters. The maximum atomic E-state index is 12.4. The van der Waals surface area contributed by atoms with Crippen molar-refractivity contribution in [3.63, 3.8) is 0 Å². The molecule has 0 radical (unpaired) electrons. The van der Waals surface area contributed by atoms with Crippen LogP contribution in [0.15, 0.2) is 48.8 Å². The summed E-state index contributed by atoms with van der Waals surface area (Å²) in [4.78, 5) is 18.1. The largest absolute Gasteiger partial charge is 0.487 e. The van der Waals surface area contributed by atoms with Gasteiger partial charge in [-0.2, -0.15) is 0 Å². The summed E-state index contributed by atoms with van der Waals surface area (Å²) in [5, 5.41) is 0.483. The Morgan fingerprint density at radius 2 is 2.12 bits per heavy atom. The van der Waals surface area contributed by atoms with Gasteiger partial charge in [-0.25, -0.2) is 0 Å². The topological polar surface area (TPSA) is 51.7 Å². The standard InChI is InChI=1S/C19H21ClN2O3/c20-17-11-21-9-8-18(17)25-16-7-4-10-22(12-16)19(23)14-24-13-15-5-2-1-3-6-15/h1-3,5-6,8-9,11,16H,4,7,10,12-14H2. The first-order chi connectivity index (χ1) is 12.2. The fourth-order valence-electron chi connectivity index (χ4n) is 2.82. The third kappa shape index (κ3) is 5.18. The molecule has 1 aromatic heterocycles. The first kappa shape index (κ1) is 17.7. The molecule has 1 aliphatic heterocycles. The molecular formula is C19H21ClN2O3. The zero-order valence-electron chi connectivity index (χ0n) is 13.9. The van der Waals surface area contributed by atoms with Gasteiger partial charge in [0.05, 0.1) is 13.2 Å². The molecule has 6 heteroatoms. The zero-order chi connectivity index (χ0) is 17.5. The summed E-state index contributed by atoms with van der Waals surface area (Å²) in [6.45, 7) is 1.80. The number of aromatic nitrogens is 1. The van der Waals surface area contributed by atoms with E-state index in [0.29, 0.717) is 23.9 Å². The molecule has 0 spiro atoms. The first-order valence-corrected chi connectivity index (χ1v) is 8.76. The Kier molecular flexibility index (Phi) is 6.25. The van der Waals surface area contributed by atoms with Gasteiger partial charge in [0.25, 0.3) is 0 Å². The molecule has 0 N–H and O–H groups in total. The average Bonchev–Trinajstić information content (AvgIpc) is 2.65. The highest BCUT2D eigenvalue weighted by Crippen LogP contribution is 2.25. The maximum Gasteiger partial charge on any atom is 0.248 e. The number of benzene rings is 1. The SMILES string of the molecule is O=C(COCc1ccccc1)N1CCCC(Oc2ccncc2Cl)C1. The normalized spacial score (nSPS) is 17.3. The van der Waals surface area contributed by atoms with Crippen molar-refractivity contribution < 1.29 is 14.3 Å². The lowest BCUT2D eigenvalue weighted by Gasteiger charge is -2.33. The van der Waals surface area contributed by atoms with Crippen LogP contribution < -0.4 is 4.74 Å². The number of hydrogen-bond donors (Lipinski definition) is 0. The highest BCUT2D eigenvalue weighted by molar-refractivity contribution is 6.31. The van der Waals surface area contributed by atoms with Crippen molar-refractivity contribution in [2.75, 3.05) is 19.7 Å². The smallest absolute Gasteiger partial charge is 0.248 e. The lowest BCUT2D eigenvalue weighted by molar-refractivity contribution is -0.139. The van der Waals surface area contributed by atoms with E-state index >= 15 is 0 Å². The Labute approximate surface area is 152 Å². The van der Waals surface area contributed by atoms with Crippen LogP contribution in [0.5, 0.6) is 5.75 Å². The average molecular weight is 361 g/mol. The summed E-state index contributed by atoms with van der Waals surface area (Å²) < 4.78 is 11.5. The molecule has 1 aromatic carbocycles. The number of carbonyl (C=O) groups is 1. The van der Waals surface area contributed by atoms with Gasteiger partial charge >= 0.3 is 0 Å². The Hall–Kier alpha value is -2.11. The second kappa shape index (κ2) is 8.83. The molecule has 1 fully saturated rings. The Bertz CT molecular complexity index is 696. The van der Waals surface area contributed by atoms with E-state index in [4.69, 9.17) is 21.1 Å². The van der Waals surface area contributed by atoms with Crippen LogP contribution >= 0.6 is 11.6 Å². The highest BCUT2D eigenvalue weighted by Gasteiger charge is 2.25. The molecule has 2 heterocycles. The van der Waals surface area contributed by atoms with Crippen molar-refractivity contribution in [1.82, 2.24) is 9.88 Å². The van der Waals surface area contributed by atoms with E-state index in [-0.39, 0.29) is 18.6 Å². The molecule has 0 aliphatic carbocycles. The molecule has 1 atom stereocenters. The van der Waals surface area contributed by atoms with Crippen molar-refractivity contribution in [3.8, 4) is 5.75 Å². The molecule has 1 amide bonds. The van der Waals surface area contributed by atoms with E-state index in [1.54, 1.807) is 23.4 Å². The van der Waals surface area contributed by atoms with Crippen LogP contribution in [0, 0.1) is 0 Å². The summed E-state index contributed by atoms with van der Waals surface area (Å²) in [7, 11) is 0. The molecule has 132 valence electrons. The molecule has 3 rings (SSSR count). The first-order valence-electron chi connectivity index (χ1n) is 8.38. The zero-order valence-corrected chi connectivity index (χ0v) is 14.7. The van der Waals surface area contributed by atoms with Crippen LogP contribution in [0.1, 0.15) is 18.4 Å². The van der Waals surface area contributed by atoms with E-state index in [0.717, 1.165) is 24.9 Å². The molecule has 5 nitrogen and oxygen atoms in total. The minimum Gasteiger partial charge on any atom is -0.487 e. The number of nitrogens with zero attached hydrogens (tertiary/aromatic N) is 2. The van der Waals surface area contributed by atoms with Crippen LogP contribution in [0.3, 0.4) is 0 Å². The quantitative estimate of drug-likeness (QED) is 0.793. The lowest BCUT2D eigenvalue weighted by atomic mass is 10.1. The number of hydrogen-bond acceptors (Lipinski definition) is 4. The van der Waals surface area contributed by atoms with Gasteiger partial charge in [-0.05, 0) is 18.4 Å². The Balaban J connectivity index is 1.47. The van der Waals surface area contributed by atoms with Crippen LogP contribution in [0.25, 0.3) is 0 Å². The maximum absolute atomic E-state index is 12.4. The number of piperidine rings is 1. The number of ether oxygens (including phenoxy) is 2. The minimum atomic E-state index is -0.0632. The van der Waals surface area contributed by atoms with Crippen molar-refractivity contribution in [2.45, 2.75) is 25.6 Å². The van der Waals surface area contributed by atoms with Crippen LogP contribution in [-0.4, -0.2) is 41.6 Å². The van der Waals surface area contributed by atoms with Crippen molar-refractivity contribution in [3.05, 3.63) is 59.4 Å². The van der Waals surface area contributed by atoms with Crippen LogP contribution in [0.2, 0.25) is 5.02 Å². The Morgan fingerprint density at radius 1 is 1.28 bits per heavy atom. The van der Waals surface area contributed by atoms with E-state index in [2.05, 4.69) is 4.98 Å². The van der Waals surface area contributed by atoms with Gasteiger partial charge in [0.2, 0.25) is 5.91 Å². The molecule has 25 heavy (non-hydrogen) atoms. The monoisotopic (exact) mass is 360 g/mol. The second-order valence-electron chi connectivity index (χ2n) is 6.01. The van der Waals surface area contributed by atoms with E-state index in [1.807, 2.05) is 30.3 Å². The van der Waals surface area contributed by atoms with E-state index < -0.39 is 0 Å². The number of halogens is 1. The summed E-state index contributed by atoms with van der Waals surface area (Å²) in [5.41, 5.74) is 1.06. The number of carbonyl (C=O) groups excluding carboxylic acids is 1. The second-order valence-corrected chi connectivity index (χ2v) is 6.41. The Morgan fingerprint density at radius 3 is 2.92 bits per heavy atom. The van der Waals surface area contributed by atoms with Gasteiger partial charge in [-0.1, -0.05) is 41.9 Å². The third-order valence-electron chi connectivity index (χ3n) is 4.10. The highest BCUT2D eigenvalue weighted by atomic mass is 35.5. The number of rotatable bonds is 6. The van der Waals surface area contributed by atoms with Gasteiger partial charge < -0.3 is 14.4 Å². The molecule has 1 saturated heterocycles. The number of likely N-dealkylation sites (tertiary alicyclic amines) is 1. The molecule has 2 aromatic rings. The van der Waals surface area contributed by atoms with Gasteiger partial charge in [0, 0.05) is 25.0 Å². The number of amides is 1. The third-order valence-corrected chi connectivity index (χ3v) is 4.38. The van der Waals surface area contributed by atoms with Gasteiger partial charge in [0.1, 0.15) is 23.5 Å². The fourth-order valence-corrected chi connectivity index (χ4v) is 2.98. The predicted molar refractivity (Wildman–Crippen MR) is 95.6 cm³/mol. The molecular weight excluding hydrogens is 340 g/mol. The van der Waals surface area contributed by atoms with Crippen molar-refractivity contribution >= 4 is 17.5 Å². The van der Waals surface area contributed by atoms with Crippen LogP contribution in [0.4, 0.5) is 0 Å². The summed E-state index contributed by atoms with van der Waals surface area (Å²) in [6.07, 6.45) is 4.93. The predicted octanol–water partition coefficient (Wildman–Crippen LogP) is 3.32.